The lowest BCUT2D eigenvalue weighted by Crippen LogP contribution is -2.61. The SMILES string of the molecule is Cc1oc2cc(O/C(=C/C=[NH2+])c3[nH]cc(C(=O)N4CC(C)(O)C4)c3C)ccc2c1C(=O)NOF. The second-order valence-electron chi connectivity index (χ2n) is 8.39. The molecule has 1 aliphatic heterocycles. The van der Waals surface area contributed by atoms with E-state index < -0.39 is 11.5 Å². The van der Waals surface area contributed by atoms with Crippen molar-refractivity contribution in [1.29, 1.82) is 0 Å². The number of H-pyrrole nitrogens is 1. The van der Waals surface area contributed by atoms with Crippen LogP contribution in [0.3, 0.4) is 0 Å². The van der Waals surface area contributed by atoms with E-state index in [4.69, 9.17) is 14.6 Å². The fourth-order valence-electron chi connectivity index (χ4n) is 4.08. The van der Waals surface area contributed by atoms with Crippen LogP contribution >= 0.6 is 0 Å². The summed E-state index contributed by atoms with van der Waals surface area (Å²) in [4.78, 5) is 29.5. The second kappa shape index (κ2) is 8.76. The lowest BCUT2D eigenvalue weighted by atomic mass is 9.95. The fraction of sp³-hybridized carbons (Fsp3) is 0.261. The zero-order valence-corrected chi connectivity index (χ0v) is 18.8. The van der Waals surface area contributed by atoms with E-state index in [9.17, 15) is 19.2 Å². The number of β-amino-alcohol motifs (C(OH)–C–C–N with tert-alkyl or cyclic N) is 1. The molecule has 1 saturated heterocycles. The van der Waals surface area contributed by atoms with Crippen molar-refractivity contribution in [2.45, 2.75) is 26.4 Å². The molecule has 2 amide bonds. The maximum atomic E-state index is 12.8. The molecule has 178 valence electrons. The summed E-state index contributed by atoms with van der Waals surface area (Å²) in [6.07, 6.45) is 4.43. The molecular weight excluding hydrogens is 447 g/mol. The molecular formula is C23H24FN4O6+. The molecule has 10 nitrogen and oxygen atoms in total. The van der Waals surface area contributed by atoms with Gasteiger partial charge >= 0.3 is 0 Å². The zero-order chi connectivity index (χ0) is 24.6. The van der Waals surface area contributed by atoms with Gasteiger partial charge < -0.3 is 24.1 Å². The molecule has 34 heavy (non-hydrogen) atoms. The number of nitrogens with two attached hydrogens (primary N) is 1. The Bertz CT molecular complexity index is 1310. The number of benzene rings is 1. The third-order valence-electron chi connectivity index (χ3n) is 5.64. The number of aryl methyl sites for hydroxylation is 1. The van der Waals surface area contributed by atoms with Crippen molar-refractivity contribution in [2.75, 3.05) is 13.1 Å². The Kier molecular flexibility index (Phi) is 5.98. The highest BCUT2D eigenvalue weighted by Gasteiger charge is 2.40. The monoisotopic (exact) mass is 471 g/mol. The van der Waals surface area contributed by atoms with E-state index in [1.54, 1.807) is 55.5 Å². The Morgan fingerprint density at radius 1 is 1.35 bits per heavy atom. The number of aromatic amines is 1. The molecule has 1 fully saturated rings. The van der Waals surface area contributed by atoms with Gasteiger partial charge in [0.1, 0.15) is 17.1 Å². The Hall–Kier alpha value is -3.96. The average Bonchev–Trinajstić information content (AvgIpc) is 3.30. The maximum Gasteiger partial charge on any atom is 0.281 e. The normalized spacial score (nSPS) is 15.2. The van der Waals surface area contributed by atoms with Crippen LogP contribution in [0.4, 0.5) is 4.53 Å². The van der Waals surface area contributed by atoms with E-state index in [-0.39, 0.29) is 30.3 Å². The van der Waals surface area contributed by atoms with E-state index in [1.807, 2.05) is 0 Å². The number of amides is 2. The minimum atomic E-state index is -0.867. The summed E-state index contributed by atoms with van der Waals surface area (Å²) in [5, 5.41) is 19.2. The number of hydroxylamine groups is 1. The first-order valence-corrected chi connectivity index (χ1v) is 10.4. The van der Waals surface area contributed by atoms with Crippen molar-refractivity contribution >= 4 is 34.8 Å². The summed E-state index contributed by atoms with van der Waals surface area (Å²) in [5.41, 5.74) is 2.91. The number of fused-ring (bicyclic) bond motifs is 1. The highest BCUT2D eigenvalue weighted by atomic mass is 19.3. The Balaban J connectivity index is 1.60. The van der Waals surface area contributed by atoms with Gasteiger partial charge in [-0.1, -0.05) is 5.04 Å². The third-order valence-corrected chi connectivity index (χ3v) is 5.64. The predicted molar refractivity (Wildman–Crippen MR) is 119 cm³/mol. The van der Waals surface area contributed by atoms with Gasteiger partial charge in [-0.25, -0.2) is 0 Å². The van der Waals surface area contributed by atoms with E-state index in [2.05, 4.69) is 10.0 Å². The van der Waals surface area contributed by atoms with Gasteiger partial charge in [-0.3, -0.25) is 15.0 Å². The minimum Gasteiger partial charge on any atom is -0.460 e. The largest absolute Gasteiger partial charge is 0.460 e. The van der Waals surface area contributed by atoms with Crippen molar-refractivity contribution in [3.05, 3.63) is 58.6 Å². The molecule has 5 N–H and O–H groups in total. The number of hydrogen-bond donors (Lipinski definition) is 4. The molecule has 0 bridgehead atoms. The number of aromatic nitrogens is 1. The van der Waals surface area contributed by atoms with Crippen LogP contribution in [0, 0.1) is 13.8 Å². The lowest BCUT2D eigenvalue weighted by molar-refractivity contribution is -0.176. The molecule has 1 aromatic carbocycles. The Morgan fingerprint density at radius 3 is 2.74 bits per heavy atom. The van der Waals surface area contributed by atoms with Crippen LogP contribution in [0.5, 0.6) is 5.75 Å². The second-order valence-corrected chi connectivity index (χ2v) is 8.39. The van der Waals surface area contributed by atoms with Crippen molar-refractivity contribution < 1.29 is 38.8 Å². The number of rotatable bonds is 7. The summed E-state index contributed by atoms with van der Waals surface area (Å²) in [6, 6.07) is 4.79. The van der Waals surface area contributed by atoms with Crippen LogP contribution in [-0.4, -0.2) is 51.7 Å². The van der Waals surface area contributed by atoms with Crippen molar-refractivity contribution in [3.63, 3.8) is 0 Å². The van der Waals surface area contributed by atoms with Gasteiger partial charge in [0.05, 0.1) is 35.5 Å². The number of furan rings is 1. The average molecular weight is 471 g/mol. The van der Waals surface area contributed by atoms with Crippen LogP contribution < -0.4 is 15.6 Å². The van der Waals surface area contributed by atoms with Gasteiger partial charge in [0.15, 0.2) is 12.0 Å². The fourth-order valence-corrected chi connectivity index (χ4v) is 4.08. The summed E-state index contributed by atoms with van der Waals surface area (Å²) < 4.78 is 23.7. The predicted octanol–water partition coefficient (Wildman–Crippen LogP) is 1.38. The molecule has 0 aliphatic carbocycles. The van der Waals surface area contributed by atoms with Crippen LogP contribution in [0.15, 0.2) is 34.9 Å². The van der Waals surface area contributed by atoms with Crippen molar-refractivity contribution in [3.8, 4) is 5.75 Å². The summed E-state index contributed by atoms with van der Waals surface area (Å²) in [7, 11) is 0. The van der Waals surface area contributed by atoms with Gasteiger partial charge in [-0.15, -0.1) is 0 Å². The number of likely N-dealkylation sites (tertiary alicyclic amines) is 1. The number of carbonyl (C=O) groups is 2. The molecule has 4 rings (SSSR count). The van der Waals surface area contributed by atoms with E-state index in [0.717, 1.165) is 0 Å². The van der Waals surface area contributed by atoms with Gasteiger partial charge in [0.25, 0.3) is 11.8 Å². The number of hydrogen-bond acceptors (Lipinski definition) is 6. The number of carbonyl (C=O) groups excluding carboxylic acids is 2. The highest BCUT2D eigenvalue weighted by Crippen LogP contribution is 2.32. The summed E-state index contributed by atoms with van der Waals surface area (Å²) in [6.45, 7) is 5.56. The molecule has 3 aromatic rings. The Labute approximate surface area is 193 Å². The van der Waals surface area contributed by atoms with Crippen LogP contribution in [-0.2, 0) is 5.04 Å². The van der Waals surface area contributed by atoms with Gasteiger partial charge in [0.2, 0.25) is 0 Å². The van der Waals surface area contributed by atoms with Gasteiger partial charge in [-0.05, 0) is 43.0 Å². The molecule has 3 heterocycles. The quantitative estimate of drug-likeness (QED) is 0.233. The van der Waals surface area contributed by atoms with Gasteiger partial charge in [0, 0.05) is 23.7 Å². The third kappa shape index (κ3) is 4.18. The molecule has 11 heteroatoms. The first-order valence-electron chi connectivity index (χ1n) is 10.4. The topological polar surface area (TPSA) is 143 Å². The van der Waals surface area contributed by atoms with Gasteiger partial charge in [-0.2, -0.15) is 5.48 Å². The number of nitrogens with one attached hydrogen (secondary N) is 2. The van der Waals surface area contributed by atoms with E-state index in [1.165, 1.54) is 12.3 Å². The highest BCUT2D eigenvalue weighted by molar-refractivity contribution is 6.07. The number of halogens is 1. The smallest absolute Gasteiger partial charge is 0.281 e. The summed E-state index contributed by atoms with van der Waals surface area (Å²) >= 11 is 0. The molecule has 1 aliphatic rings. The molecule has 0 spiro atoms. The molecule has 0 unspecified atom stereocenters. The first kappa shape index (κ1) is 23.2. The number of aliphatic hydroxyl groups is 1. The van der Waals surface area contributed by atoms with Crippen molar-refractivity contribution in [1.82, 2.24) is 15.4 Å². The lowest BCUT2D eigenvalue weighted by Gasteiger charge is -2.44. The first-order chi connectivity index (χ1) is 16.1. The van der Waals surface area contributed by atoms with Crippen molar-refractivity contribution in [2.24, 2.45) is 0 Å². The van der Waals surface area contributed by atoms with Crippen LogP contribution in [0.1, 0.15) is 44.7 Å². The number of nitrogens with zero attached hydrogens (tertiary/aromatic N) is 1. The van der Waals surface area contributed by atoms with Crippen LogP contribution in [0.2, 0.25) is 0 Å². The molecule has 0 radical (unpaired) electrons. The zero-order valence-electron chi connectivity index (χ0n) is 18.8. The van der Waals surface area contributed by atoms with Crippen LogP contribution in [0.25, 0.3) is 16.7 Å². The maximum absolute atomic E-state index is 12.8. The summed E-state index contributed by atoms with van der Waals surface area (Å²) in [5.74, 6) is 0.0256. The Morgan fingerprint density at radius 2 is 2.09 bits per heavy atom. The number of allylic oxidation sites excluding steroid dienone is 1. The minimum absolute atomic E-state index is 0.138. The van der Waals surface area contributed by atoms with E-state index >= 15 is 0 Å². The molecule has 0 atom stereocenters. The molecule has 2 aromatic heterocycles. The standard InChI is InChI=1S/C23H23FN4O6/c1-12-16(22(30)28-10-23(3,31)11-28)9-26-20(12)17(6-7-25)33-14-4-5-15-18(8-14)32-13(2)19(15)21(29)27-34-24/h4-9,25-26,31H,10-11H2,1-3H3,(H,27,29)/p+1/b17-6+,25-7?. The number of ether oxygens (including phenoxy) is 1. The van der Waals surface area contributed by atoms with E-state index in [0.29, 0.717) is 39.3 Å². The molecule has 0 saturated carbocycles.